The molecule has 0 aromatic heterocycles. The van der Waals surface area contributed by atoms with E-state index in [1.165, 1.54) is 0 Å². The van der Waals surface area contributed by atoms with E-state index in [-0.39, 0.29) is 23.7 Å². The number of rotatable bonds is 2. The van der Waals surface area contributed by atoms with Crippen molar-refractivity contribution < 1.29 is 18.4 Å². The molecule has 2 fully saturated rings. The summed E-state index contributed by atoms with van der Waals surface area (Å²) in [6.45, 7) is 4.53. The highest BCUT2D eigenvalue weighted by atomic mass is 19.3. The predicted octanol–water partition coefficient (Wildman–Crippen LogP) is 4.09. The molecule has 28 heavy (non-hydrogen) atoms. The van der Waals surface area contributed by atoms with E-state index < -0.39 is 22.7 Å². The molecule has 1 unspecified atom stereocenters. The number of alkyl halides is 2. The van der Waals surface area contributed by atoms with Crippen molar-refractivity contribution in [2.75, 3.05) is 13.1 Å². The number of allylic oxidation sites excluding steroid dienone is 1. The fourth-order valence-corrected chi connectivity index (χ4v) is 4.88. The fourth-order valence-electron chi connectivity index (χ4n) is 4.88. The highest BCUT2D eigenvalue weighted by Crippen LogP contribution is 2.56. The summed E-state index contributed by atoms with van der Waals surface area (Å²) < 4.78 is 27.2. The van der Waals surface area contributed by atoms with E-state index in [9.17, 15) is 23.6 Å². The molecule has 146 valence electrons. The summed E-state index contributed by atoms with van der Waals surface area (Å²) >= 11 is 0. The van der Waals surface area contributed by atoms with E-state index in [0.29, 0.717) is 37.1 Å². The molecule has 1 aliphatic heterocycles. The van der Waals surface area contributed by atoms with Gasteiger partial charge in [0.2, 0.25) is 0 Å². The Morgan fingerprint density at radius 3 is 2.61 bits per heavy atom. The lowest BCUT2D eigenvalue weighted by atomic mass is 9.64. The number of carbonyl (C=O) groups is 2. The Hall–Kier alpha value is -2.55. The summed E-state index contributed by atoms with van der Waals surface area (Å²) in [5.41, 5.74) is -0.185. The average Bonchev–Trinajstić information content (AvgIpc) is 3.09. The lowest BCUT2D eigenvalue weighted by molar-refractivity contribution is -0.125. The molecule has 0 bridgehead atoms. The number of Topliss-reactive ketones (excluding diaryl/α,β-unsaturated/α-hetero) is 1. The molecule has 1 saturated carbocycles. The monoisotopic (exact) mass is 384 g/mol. The van der Waals surface area contributed by atoms with E-state index in [0.717, 1.165) is 0 Å². The smallest absolute Gasteiger partial charge is 0.255 e. The number of nitriles is 1. The molecule has 2 atom stereocenters. The number of likely N-dealkylation sites (tertiary alicyclic amines) is 1. The van der Waals surface area contributed by atoms with Gasteiger partial charge in [-0.3, -0.25) is 9.59 Å². The largest absolute Gasteiger partial charge is 0.338 e. The Balaban J connectivity index is 1.61. The topological polar surface area (TPSA) is 61.2 Å². The summed E-state index contributed by atoms with van der Waals surface area (Å²) in [5.74, 6) is -4.04. The lowest BCUT2D eigenvalue weighted by Crippen LogP contribution is -2.40. The second kappa shape index (κ2) is 5.97. The highest BCUT2D eigenvalue weighted by Gasteiger charge is 2.58. The van der Waals surface area contributed by atoms with Crippen LogP contribution in [0, 0.1) is 22.2 Å². The van der Waals surface area contributed by atoms with Gasteiger partial charge in [0.05, 0.1) is 11.5 Å². The summed E-state index contributed by atoms with van der Waals surface area (Å²) in [5, 5.41) is 9.35. The first-order valence-electron chi connectivity index (χ1n) is 9.52. The molecule has 1 spiro atoms. The maximum atomic E-state index is 13.6. The number of carbonyl (C=O) groups excluding carboxylic acids is 2. The predicted molar refractivity (Wildman–Crippen MR) is 98.8 cm³/mol. The number of hydrogen-bond acceptors (Lipinski definition) is 3. The van der Waals surface area contributed by atoms with Gasteiger partial charge >= 0.3 is 0 Å². The normalized spacial score (nSPS) is 30.1. The van der Waals surface area contributed by atoms with E-state index in [1.54, 1.807) is 35.2 Å². The van der Waals surface area contributed by atoms with Gasteiger partial charge in [-0.25, -0.2) is 8.78 Å². The van der Waals surface area contributed by atoms with Crippen LogP contribution in [-0.2, 0) is 4.79 Å². The van der Waals surface area contributed by atoms with Crippen LogP contribution in [0.1, 0.15) is 54.9 Å². The first-order valence-corrected chi connectivity index (χ1v) is 9.52. The Kier molecular flexibility index (Phi) is 4.01. The van der Waals surface area contributed by atoms with Gasteiger partial charge in [0, 0.05) is 35.9 Å². The second-order valence-corrected chi connectivity index (χ2v) is 9.00. The average molecular weight is 384 g/mol. The van der Waals surface area contributed by atoms with E-state index in [4.69, 9.17) is 0 Å². The summed E-state index contributed by atoms with van der Waals surface area (Å²) in [4.78, 5) is 27.2. The van der Waals surface area contributed by atoms with Crippen molar-refractivity contribution >= 4 is 11.7 Å². The first-order chi connectivity index (χ1) is 13.1. The molecule has 1 amide bonds. The van der Waals surface area contributed by atoms with Crippen LogP contribution in [0.2, 0.25) is 0 Å². The second-order valence-electron chi connectivity index (χ2n) is 9.00. The standard InChI is InChI=1S/C22H22F2N2O2/c1-20(2)12-21(9-14(11-25)18(20)27)7-8-26(13-21)19(28)16-6-4-3-5-15(16)17-10-22(17,23)24/h3-6,9,17H,7-8,10,12-13H2,1-2H3/t17?,21-/m1/s1. The van der Waals surface area contributed by atoms with Crippen molar-refractivity contribution in [2.45, 2.75) is 45.0 Å². The first kappa shape index (κ1) is 18.8. The van der Waals surface area contributed by atoms with Gasteiger partial charge in [-0.05, 0) is 24.5 Å². The van der Waals surface area contributed by atoms with Gasteiger partial charge < -0.3 is 4.90 Å². The van der Waals surface area contributed by atoms with Crippen LogP contribution in [-0.4, -0.2) is 35.6 Å². The van der Waals surface area contributed by atoms with Crippen molar-refractivity contribution in [1.82, 2.24) is 4.90 Å². The molecule has 4 nitrogen and oxygen atoms in total. The summed E-state index contributed by atoms with van der Waals surface area (Å²) in [6.07, 6.45) is 2.74. The van der Waals surface area contributed by atoms with E-state index >= 15 is 0 Å². The van der Waals surface area contributed by atoms with Gasteiger partial charge in [-0.2, -0.15) is 5.26 Å². The minimum Gasteiger partial charge on any atom is -0.338 e. The van der Waals surface area contributed by atoms with Gasteiger partial charge in [-0.15, -0.1) is 0 Å². The van der Waals surface area contributed by atoms with Gasteiger partial charge in [0.1, 0.15) is 6.07 Å². The third kappa shape index (κ3) is 2.94. The number of halogens is 2. The Bertz CT molecular complexity index is 944. The SMILES string of the molecule is CC1(C)C[C@]2(C=C(C#N)C1=O)CCN(C(=O)c1ccccc1C1CC1(F)F)C2. The molecular formula is C22H22F2N2O2. The van der Waals surface area contributed by atoms with Crippen LogP contribution in [0.4, 0.5) is 8.78 Å². The Morgan fingerprint density at radius 1 is 1.29 bits per heavy atom. The molecule has 4 rings (SSSR count). The van der Waals surface area contributed by atoms with Crippen molar-refractivity contribution in [2.24, 2.45) is 10.8 Å². The molecule has 1 aromatic carbocycles. The molecule has 1 aromatic rings. The molecule has 3 aliphatic rings. The molecule has 6 heteroatoms. The van der Waals surface area contributed by atoms with Crippen LogP contribution in [0.3, 0.4) is 0 Å². The Labute approximate surface area is 162 Å². The van der Waals surface area contributed by atoms with Crippen LogP contribution in [0.25, 0.3) is 0 Å². The Morgan fingerprint density at radius 2 is 1.96 bits per heavy atom. The number of nitrogens with zero attached hydrogens (tertiary/aromatic N) is 2. The molecular weight excluding hydrogens is 362 g/mol. The van der Waals surface area contributed by atoms with Crippen molar-refractivity contribution in [3.05, 3.63) is 47.0 Å². The van der Waals surface area contributed by atoms with Crippen LogP contribution < -0.4 is 0 Å². The van der Waals surface area contributed by atoms with Crippen molar-refractivity contribution in [3.8, 4) is 6.07 Å². The third-order valence-electron chi connectivity index (χ3n) is 6.29. The summed E-state index contributed by atoms with van der Waals surface area (Å²) in [7, 11) is 0. The number of ketones is 1. The zero-order chi connectivity index (χ0) is 20.3. The van der Waals surface area contributed by atoms with Gasteiger partial charge in [0.25, 0.3) is 11.8 Å². The fraction of sp³-hybridized carbons (Fsp3) is 0.500. The van der Waals surface area contributed by atoms with Gasteiger partial charge in [-0.1, -0.05) is 38.1 Å². The minimum absolute atomic E-state index is 0.156. The van der Waals surface area contributed by atoms with Crippen LogP contribution in [0.15, 0.2) is 35.9 Å². The number of benzene rings is 1. The van der Waals surface area contributed by atoms with E-state index in [2.05, 4.69) is 0 Å². The quantitative estimate of drug-likeness (QED) is 0.772. The van der Waals surface area contributed by atoms with Crippen LogP contribution in [0.5, 0.6) is 0 Å². The maximum absolute atomic E-state index is 13.6. The zero-order valence-corrected chi connectivity index (χ0v) is 16.0. The van der Waals surface area contributed by atoms with E-state index in [1.807, 2.05) is 19.9 Å². The van der Waals surface area contributed by atoms with Gasteiger partial charge in [0.15, 0.2) is 5.78 Å². The zero-order valence-electron chi connectivity index (χ0n) is 16.0. The molecule has 1 saturated heterocycles. The number of hydrogen-bond donors (Lipinski definition) is 0. The van der Waals surface area contributed by atoms with Crippen molar-refractivity contribution in [1.29, 1.82) is 5.26 Å². The number of amides is 1. The maximum Gasteiger partial charge on any atom is 0.255 e. The van der Waals surface area contributed by atoms with Crippen molar-refractivity contribution in [3.63, 3.8) is 0 Å². The minimum atomic E-state index is -2.74. The molecule has 1 heterocycles. The van der Waals surface area contributed by atoms with Crippen LogP contribution >= 0.6 is 0 Å². The highest BCUT2D eigenvalue weighted by molar-refractivity contribution is 6.04. The molecule has 0 radical (unpaired) electrons. The molecule has 0 N–H and O–H groups in total. The summed E-state index contributed by atoms with van der Waals surface area (Å²) in [6, 6.07) is 8.60. The third-order valence-corrected chi connectivity index (χ3v) is 6.29. The lowest BCUT2D eigenvalue weighted by Gasteiger charge is -2.38. The molecule has 2 aliphatic carbocycles.